The quantitative estimate of drug-likeness (QED) is 0.871. The molecule has 0 spiro atoms. The second-order valence-corrected chi connectivity index (χ2v) is 5.53. The number of nitrogens with one attached hydrogen (secondary N) is 1. The van der Waals surface area contributed by atoms with Crippen molar-refractivity contribution in [2.24, 2.45) is 0 Å². The highest BCUT2D eigenvalue weighted by molar-refractivity contribution is 5.92. The molecule has 1 amide bonds. The maximum absolute atomic E-state index is 12.3. The number of carbonyl (C=O) groups is 1. The molecule has 0 saturated carbocycles. The molecule has 0 aliphatic carbocycles. The number of rotatable bonds is 3. The zero-order chi connectivity index (χ0) is 13.9. The van der Waals surface area contributed by atoms with Crippen molar-refractivity contribution in [3.05, 3.63) is 17.8 Å². The predicted octanol–water partition coefficient (Wildman–Crippen LogP) is 0.511. The van der Waals surface area contributed by atoms with Crippen LogP contribution in [0.5, 0.6) is 0 Å². The minimum Gasteiger partial charge on any atom is -0.355 e. The van der Waals surface area contributed by atoms with Crippen molar-refractivity contribution in [2.45, 2.75) is 25.3 Å². The highest BCUT2D eigenvalue weighted by atomic mass is 16.2. The number of nitrogens with zero attached hydrogens (tertiary/aromatic N) is 4. The Labute approximate surface area is 119 Å². The van der Waals surface area contributed by atoms with Gasteiger partial charge in [0.1, 0.15) is 0 Å². The standard InChI is InChI=1S/C14H21N5O/c1-18(11-6-7-15-10-11)14(20)12-4-5-13(17-16-12)19-8-2-3-9-19/h4-5,11,15H,2-3,6-10H2,1H3. The van der Waals surface area contributed by atoms with E-state index in [9.17, 15) is 4.79 Å². The number of hydrogen-bond donors (Lipinski definition) is 1. The lowest BCUT2D eigenvalue weighted by Crippen LogP contribution is -2.38. The Morgan fingerprint density at radius 2 is 2.15 bits per heavy atom. The number of aromatic nitrogens is 2. The van der Waals surface area contributed by atoms with Crippen LogP contribution in [0.25, 0.3) is 0 Å². The van der Waals surface area contributed by atoms with E-state index in [4.69, 9.17) is 0 Å². The molecule has 1 unspecified atom stereocenters. The van der Waals surface area contributed by atoms with Gasteiger partial charge >= 0.3 is 0 Å². The van der Waals surface area contributed by atoms with Gasteiger partial charge in [-0.1, -0.05) is 0 Å². The van der Waals surface area contributed by atoms with Gasteiger partial charge in [-0.05, 0) is 37.9 Å². The monoisotopic (exact) mass is 275 g/mol. The molecule has 20 heavy (non-hydrogen) atoms. The Kier molecular flexibility index (Phi) is 3.82. The molecule has 0 radical (unpaired) electrons. The molecule has 0 aromatic carbocycles. The zero-order valence-corrected chi connectivity index (χ0v) is 11.9. The Bertz CT molecular complexity index is 463. The van der Waals surface area contributed by atoms with Crippen molar-refractivity contribution >= 4 is 11.7 Å². The largest absolute Gasteiger partial charge is 0.355 e. The zero-order valence-electron chi connectivity index (χ0n) is 11.9. The normalized spacial score (nSPS) is 22.2. The molecule has 2 aliphatic heterocycles. The summed E-state index contributed by atoms with van der Waals surface area (Å²) in [5.41, 5.74) is 0.433. The van der Waals surface area contributed by atoms with Crippen molar-refractivity contribution < 1.29 is 4.79 Å². The highest BCUT2D eigenvalue weighted by Crippen LogP contribution is 2.17. The Morgan fingerprint density at radius 3 is 2.75 bits per heavy atom. The number of hydrogen-bond acceptors (Lipinski definition) is 5. The molecule has 1 aromatic heterocycles. The van der Waals surface area contributed by atoms with Gasteiger partial charge in [0.2, 0.25) is 0 Å². The van der Waals surface area contributed by atoms with Gasteiger partial charge in [-0.15, -0.1) is 10.2 Å². The third-order valence-electron chi connectivity index (χ3n) is 4.20. The number of anilines is 1. The molecule has 108 valence electrons. The van der Waals surface area contributed by atoms with Gasteiger partial charge < -0.3 is 15.1 Å². The topological polar surface area (TPSA) is 61.4 Å². The van der Waals surface area contributed by atoms with E-state index in [1.54, 1.807) is 11.0 Å². The molecule has 3 rings (SSSR count). The third kappa shape index (κ3) is 2.60. The lowest BCUT2D eigenvalue weighted by atomic mass is 10.2. The van der Waals surface area contributed by atoms with Crippen LogP contribution < -0.4 is 10.2 Å². The number of carbonyl (C=O) groups excluding carboxylic acids is 1. The van der Waals surface area contributed by atoms with Gasteiger partial charge in [-0.3, -0.25) is 4.79 Å². The molecule has 2 saturated heterocycles. The number of likely N-dealkylation sites (N-methyl/N-ethyl adjacent to an activating group) is 1. The fraction of sp³-hybridized carbons (Fsp3) is 0.643. The van der Waals surface area contributed by atoms with Crippen LogP contribution in [0.2, 0.25) is 0 Å². The summed E-state index contributed by atoms with van der Waals surface area (Å²) in [6, 6.07) is 3.97. The van der Waals surface area contributed by atoms with Gasteiger partial charge in [0.05, 0.1) is 0 Å². The molecular formula is C14H21N5O. The van der Waals surface area contributed by atoms with Crippen LogP contribution in [0, 0.1) is 0 Å². The summed E-state index contributed by atoms with van der Waals surface area (Å²) < 4.78 is 0. The first-order valence-electron chi connectivity index (χ1n) is 7.32. The van der Waals surface area contributed by atoms with Crippen molar-refractivity contribution in [1.82, 2.24) is 20.4 Å². The summed E-state index contributed by atoms with van der Waals surface area (Å²) >= 11 is 0. The lowest BCUT2D eigenvalue weighted by Gasteiger charge is -2.23. The van der Waals surface area contributed by atoms with E-state index in [1.807, 2.05) is 13.1 Å². The molecule has 2 fully saturated rings. The maximum Gasteiger partial charge on any atom is 0.274 e. The minimum atomic E-state index is -0.0424. The van der Waals surface area contributed by atoms with E-state index in [2.05, 4.69) is 20.4 Å². The van der Waals surface area contributed by atoms with Gasteiger partial charge in [0.25, 0.3) is 5.91 Å². The van der Waals surface area contributed by atoms with Gasteiger partial charge in [-0.2, -0.15) is 0 Å². The molecular weight excluding hydrogens is 254 g/mol. The highest BCUT2D eigenvalue weighted by Gasteiger charge is 2.25. The average Bonchev–Trinajstić information content (AvgIpc) is 3.18. The Morgan fingerprint density at radius 1 is 1.35 bits per heavy atom. The van der Waals surface area contributed by atoms with Crippen molar-refractivity contribution in [2.75, 3.05) is 38.1 Å². The maximum atomic E-state index is 12.3. The van der Waals surface area contributed by atoms with E-state index in [0.29, 0.717) is 5.69 Å². The summed E-state index contributed by atoms with van der Waals surface area (Å²) in [5, 5.41) is 11.6. The number of amides is 1. The fourth-order valence-corrected chi connectivity index (χ4v) is 2.87. The molecule has 6 nitrogen and oxygen atoms in total. The second-order valence-electron chi connectivity index (χ2n) is 5.53. The molecule has 1 atom stereocenters. The Hall–Kier alpha value is -1.69. The SMILES string of the molecule is CN(C(=O)c1ccc(N2CCCC2)nn1)C1CCNC1. The first-order chi connectivity index (χ1) is 9.75. The summed E-state index contributed by atoms with van der Waals surface area (Å²) in [6.07, 6.45) is 3.42. The van der Waals surface area contributed by atoms with E-state index in [0.717, 1.165) is 38.4 Å². The molecule has 3 heterocycles. The third-order valence-corrected chi connectivity index (χ3v) is 4.20. The average molecular weight is 275 g/mol. The van der Waals surface area contributed by atoms with Crippen LogP contribution >= 0.6 is 0 Å². The Balaban J connectivity index is 1.68. The van der Waals surface area contributed by atoms with Crippen LogP contribution in [0.3, 0.4) is 0 Å². The van der Waals surface area contributed by atoms with Crippen molar-refractivity contribution in [1.29, 1.82) is 0 Å². The van der Waals surface area contributed by atoms with E-state index in [1.165, 1.54) is 12.8 Å². The van der Waals surface area contributed by atoms with Crippen LogP contribution in [0.15, 0.2) is 12.1 Å². The smallest absolute Gasteiger partial charge is 0.274 e. The molecule has 2 aliphatic rings. The summed E-state index contributed by atoms with van der Waals surface area (Å²) in [7, 11) is 1.84. The summed E-state index contributed by atoms with van der Waals surface area (Å²) in [6.45, 7) is 3.91. The fourth-order valence-electron chi connectivity index (χ4n) is 2.87. The molecule has 1 N–H and O–H groups in total. The van der Waals surface area contributed by atoms with Gasteiger partial charge in [0.15, 0.2) is 11.5 Å². The lowest BCUT2D eigenvalue weighted by molar-refractivity contribution is 0.0736. The van der Waals surface area contributed by atoms with Crippen LogP contribution in [-0.2, 0) is 0 Å². The second kappa shape index (κ2) is 5.75. The molecule has 0 bridgehead atoms. The predicted molar refractivity (Wildman–Crippen MR) is 76.8 cm³/mol. The van der Waals surface area contributed by atoms with Gasteiger partial charge in [-0.25, -0.2) is 0 Å². The first-order valence-corrected chi connectivity index (χ1v) is 7.32. The van der Waals surface area contributed by atoms with Crippen LogP contribution in [0.4, 0.5) is 5.82 Å². The van der Waals surface area contributed by atoms with E-state index < -0.39 is 0 Å². The summed E-state index contributed by atoms with van der Waals surface area (Å²) in [4.78, 5) is 16.3. The molecule has 1 aromatic rings. The van der Waals surface area contributed by atoms with E-state index in [-0.39, 0.29) is 11.9 Å². The van der Waals surface area contributed by atoms with Crippen LogP contribution in [-0.4, -0.2) is 60.3 Å². The minimum absolute atomic E-state index is 0.0424. The van der Waals surface area contributed by atoms with E-state index >= 15 is 0 Å². The first kappa shape index (κ1) is 13.3. The van der Waals surface area contributed by atoms with Crippen molar-refractivity contribution in [3.63, 3.8) is 0 Å². The van der Waals surface area contributed by atoms with Crippen LogP contribution in [0.1, 0.15) is 29.8 Å². The summed E-state index contributed by atoms with van der Waals surface area (Å²) in [5.74, 6) is 0.836. The van der Waals surface area contributed by atoms with Crippen molar-refractivity contribution in [3.8, 4) is 0 Å². The van der Waals surface area contributed by atoms with Gasteiger partial charge in [0, 0.05) is 32.7 Å². The molecule has 6 heteroatoms.